The van der Waals surface area contributed by atoms with Gasteiger partial charge in [-0.15, -0.1) is 0 Å². The van der Waals surface area contributed by atoms with Gasteiger partial charge in [-0.2, -0.15) is 0 Å². The van der Waals surface area contributed by atoms with E-state index in [0.717, 1.165) is 5.56 Å². The van der Waals surface area contributed by atoms with E-state index in [0.29, 0.717) is 56.7 Å². The van der Waals surface area contributed by atoms with Crippen molar-refractivity contribution < 1.29 is 29.1 Å². The Morgan fingerprint density at radius 3 is 1.86 bits per heavy atom. The van der Waals surface area contributed by atoms with Crippen molar-refractivity contribution in [1.82, 2.24) is 25.3 Å². The number of nitrogens with one attached hydrogen (secondary N) is 2. The first-order valence-electron chi connectivity index (χ1n) is 16.8. The molecule has 0 saturated carbocycles. The standard InChI is InChI=1S/C38H45N5O6/c1-38(2,3)32(40-33(45)31-15-10-20-43(31)36(48)28-13-8-5-9-14-28)34(46)39-30(25-26-16-18-29(44)19-17-26)37(49)42-23-21-41(22-24-42)35(47)27-11-6-4-7-12-27/h4-9,11-14,16-19,30-32,44H,10,15,20-25H2,1-3H3,(H,39,46)(H,40,45). The van der Waals surface area contributed by atoms with Crippen molar-refractivity contribution >= 4 is 29.5 Å². The van der Waals surface area contributed by atoms with E-state index in [1.807, 2.05) is 45.0 Å². The molecule has 11 heteroatoms. The van der Waals surface area contributed by atoms with Crippen LogP contribution in [0.3, 0.4) is 0 Å². The maximum atomic E-state index is 14.0. The third-order valence-corrected chi connectivity index (χ3v) is 9.14. The van der Waals surface area contributed by atoms with E-state index in [1.165, 1.54) is 12.1 Å². The molecule has 2 saturated heterocycles. The Kier molecular flexibility index (Phi) is 11.0. The number of phenolic OH excluding ortho intramolecular Hbond substituents is 1. The summed E-state index contributed by atoms with van der Waals surface area (Å²) in [5, 5.41) is 15.7. The van der Waals surface area contributed by atoms with Crippen LogP contribution >= 0.6 is 0 Å². The second-order valence-corrected chi connectivity index (χ2v) is 13.7. The second-order valence-electron chi connectivity index (χ2n) is 13.7. The number of benzene rings is 3. The topological polar surface area (TPSA) is 139 Å². The van der Waals surface area contributed by atoms with Crippen molar-refractivity contribution in [2.75, 3.05) is 32.7 Å². The number of hydrogen-bond acceptors (Lipinski definition) is 6. The fourth-order valence-corrected chi connectivity index (χ4v) is 6.38. The van der Waals surface area contributed by atoms with Crippen molar-refractivity contribution in [2.24, 2.45) is 5.41 Å². The van der Waals surface area contributed by atoms with E-state index >= 15 is 0 Å². The molecule has 11 nitrogen and oxygen atoms in total. The predicted molar refractivity (Wildman–Crippen MR) is 185 cm³/mol. The molecule has 2 fully saturated rings. The monoisotopic (exact) mass is 667 g/mol. The molecule has 3 unspecified atom stereocenters. The van der Waals surface area contributed by atoms with E-state index in [1.54, 1.807) is 63.2 Å². The van der Waals surface area contributed by atoms with Gasteiger partial charge in [-0.05, 0) is 60.2 Å². The number of piperazine rings is 1. The summed E-state index contributed by atoms with van der Waals surface area (Å²) in [6.45, 7) is 7.22. The number of amides is 5. The maximum absolute atomic E-state index is 14.0. The molecular weight excluding hydrogens is 622 g/mol. The second kappa shape index (κ2) is 15.4. The lowest BCUT2D eigenvalue weighted by molar-refractivity contribution is -0.139. The number of phenols is 1. The fraction of sp³-hybridized carbons (Fsp3) is 0.395. The Morgan fingerprint density at radius 1 is 0.735 bits per heavy atom. The van der Waals surface area contributed by atoms with Gasteiger partial charge in [0.05, 0.1) is 0 Å². The minimum absolute atomic E-state index is 0.0806. The van der Waals surface area contributed by atoms with Crippen LogP contribution in [0.4, 0.5) is 0 Å². The zero-order valence-corrected chi connectivity index (χ0v) is 28.3. The SMILES string of the molecule is CC(C)(C)C(NC(=O)C1CCCN1C(=O)c1ccccc1)C(=O)NC(Cc1ccc(O)cc1)C(=O)N1CCN(C(=O)c2ccccc2)CC1. The van der Waals surface area contributed by atoms with Gasteiger partial charge in [0.1, 0.15) is 23.9 Å². The minimum atomic E-state index is -1.01. The number of carbonyl (C=O) groups is 5. The molecule has 0 bridgehead atoms. The van der Waals surface area contributed by atoms with Crippen LogP contribution in [-0.4, -0.2) is 100 Å². The third kappa shape index (κ3) is 8.65. The van der Waals surface area contributed by atoms with Gasteiger partial charge in [0, 0.05) is 50.3 Å². The highest BCUT2D eigenvalue weighted by Crippen LogP contribution is 2.24. The first kappa shape index (κ1) is 35.1. The van der Waals surface area contributed by atoms with Crippen LogP contribution < -0.4 is 10.6 Å². The summed E-state index contributed by atoms with van der Waals surface area (Å²) >= 11 is 0. The summed E-state index contributed by atoms with van der Waals surface area (Å²) in [6.07, 6.45) is 1.29. The van der Waals surface area contributed by atoms with Crippen LogP contribution in [0.15, 0.2) is 84.9 Å². The van der Waals surface area contributed by atoms with Crippen LogP contribution in [0, 0.1) is 5.41 Å². The number of rotatable bonds is 9. The van der Waals surface area contributed by atoms with Crippen molar-refractivity contribution in [3.63, 3.8) is 0 Å². The first-order chi connectivity index (χ1) is 23.4. The average molecular weight is 668 g/mol. The average Bonchev–Trinajstić information content (AvgIpc) is 3.61. The lowest BCUT2D eigenvalue weighted by Crippen LogP contribution is -2.61. The Bertz CT molecular complexity index is 1630. The molecular formula is C38H45N5O6. The first-order valence-corrected chi connectivity index (χ1v) is 16.8. The van der Waals surface area contributed by atoms with Crippen LogP contribution in [0.1, 0.15) is 59.9 Å². The van der Waals surface area contributed by atoms with E-state index in [9.17, 15) is 29.1 Å². The van der Waals surface area contributed by atoms with Crippen LogP contribution in [0.5, 0.6) is 5.75 Å². The quantitative estimate of drug-likeness (QED) is 0.320. The Hall–Kier alpha value is -5.19. The van der Waals surface area contributed by atoms with Crippen molar-refractivity contribution in [3.05, 3.63) is 102 Å². The number of carbonyl (C=O) groups excluding carboxylic acids is 5. The molecule has 3 N–H and O–H groups in total. The van der Waals surface area contributed by atoms with Crippen molar-refractivity contribution in [2.45, 2.75) is 58.2 Å². The largest absolute Gasteiger partial charge is 0.508 e. The highest BCUT2D eigenvalue weighted by Gasteiger charge is 2.41. The zero-order valence-electron chi connectivity index (χ0n) is 28.3. The summed E-state index contributed by atoms with van der Waals surface area (Å²) in [4.78, 5) is 73.0. The summed E-state index contributed by atoms with van der Waals surface area (Å²) in [7, 11) is 0. The summed E-state index contributed by atoms with van der Waals surface area (Å²) in [5.41, 5.74) is 1.07. The van der Waals surface area contributed by atoms with Gasteiger partial charge in [0.25, 0.3) is 11.8 Å². The van der Waals surface area contributed by atoms with Gasteiger partial charge in [-0.3, -0.25) is 24.0 Å². The number of aromatic hydroxyl groups is 1. The van der Waals surface area contributed by atoms with Gasteiger partial charge in [-0.1, -0.05) is 69.3 Å². The molecule has 0 spiro atoms. The normalized spacial score (nSPS) is 17.6. The number of likely N-dealkylation sites (tertiary alicyclic amines) is 1. The lowest BCUT2D eigenvalue weighted by atomic mass is 9.85. The van der Waals surface area contributed by atoms with Crippen LogP contribution in [0.25, 0.3) is 0 Å². The van der Waals surface area contributed by atoms with Crippen molar-refractivity contribution in [1.29, 1.82) is 0 Å². The van der Waals surface area contributed by atoms with E-state index < -0.39 is 35.4 Å². The molecule has 0 aliphatic carbocycles. The fourth-order valence-electron chi connectivity index (χ4n) is 6.38. The minimum Gasteiger partial charge on any atom is -0.508 e. The smallest absolute Gasteiger partial charge is 0.254 e. The van der Waals surface area contributed by atoms with Gasteiger partial charge in [-0.25, -0.2) is 0 Å². The van der Waals surface area contributed by atoms with E-state index in [4.69, 9.17) is 0 Å². The summed E-state index contributed by atoms with van der Waals surface area (Å²) in [6, 6.07) is 21.5. The maximum Gasteiger partial charge on any atom is 0.254 e. The Balaban J connectivity index is 1.30. The molecule has 3 aromatic carbocycles. The Morgan fingerprint density at radius 2 is 1.29 bits per heavy atom. The third-order valence-electron chi connectivity index (χ3n) is 9.14. The molecule has 3 aromatic rings. The molecule has 2 aliphatic heterocycles. The molecule has 2 heterocycles. The van der Waals surface area contributed by atoms with Gasteiger partial charge in [0.15, 0.2) is 0 Å². The summed E-state index contributed by atoms with van der Waals surface area (Å²) < 4.78 is 0. The lowest BCUT2D eigenvalue weighted by Gasteiger charge is -2.37. The summed E-state index contributed by atoms with van der Waals surface area (Å²) in [5.74, 6) is -1.50. The molecule has 5 amide bonds. The highest BCUT2D eigenvalue weighted by atomic mass is 16.3. The molecule has 258 valence electrons. The molecule has 49 heavy (non-hydrogen) atoms. The molecule has 0 radical (unpaired) electrons. The molecule has 2 aliphatic rings. The molecule has 5 rings (SSSR count). The number of hydrogen-bond donors (Lipinski definition) is 3. The number of nitrogens with zero attached hydrogens (tertiary/aromatic N) is 3. The predicted octanol–water partition coefficient (Wildman–Crippen LogP) is 3.24. The van der Waals surface area contributed by atoms with Gasteiger partial charge in [0.2, 0.25) is 17.7 Å². The molecule has 3 atom stereocenters. The Labute approximate surface area is 287 Å². The molecule has 0 aromatic heterocycles. The van der Waals surface area contributed by atoms with Crippen LogP contribution in [-0.2, 0) is 20.8 Å². The van der Waals surface area contributed by atoms with Gasteiger partial charge >= 0.3 is 0 Å². The van der Waals surface area contributed by atoms with Crippen molar-refractivity contribution in [3.8, 4) is 5.75 Å². The highest BCUT2D eigenvalue weighted by molar-refractivity contribution is 5.99. The van der Waals surface area contributed by atoms with Crippen LogP contribution in [0.2, 0.25) is 0 Å². The van der Waals surface area contributed by atoms with E-state index in [2.05, 4.69) is 10.6 Å². The zero-order chi connectivity index (χ0) is 35.1. The van der Waals surface area contributed by atoms with Gasteiger partial charge < -0.3 is 30.4 Å². The van der Waals surface area contributed by atoms with E-state index in [-0.39, 0.29) is 29.9 Å².